The van der Waals surface area contributed by atoms with E-state index in [2.05, 4.69) is 10.3 Å². The van der Waals surface area contributed by atoms with Gasteiger partial charge in [0, 0.05) is 38.2 Å². The van der Waals surface area contributed by atoms with E-state index in [1.54, 1.807) is 41.2 Å². The van der Waals surface area contributed by atoms with Crippen LogP contribution in [0.3, 0.4) is 0 Å². The smallest absolute Gasteiger partial charge is 0.253 e. The molecule has 1 aliphatic heterocycles. The van der Waals surface area contributed by atoms with Crippen molar-refractivity contribution in [1.82, 2.24) is 19.0 Å². The monoisotopic (exact) mass is 372 g/mol. The van der Waals surface area contributed by atoms with Crippen molar-refractivity contribution >= 4 is 21.6 Å². The lowest BCUT2D eigenvalue weighted by atomic mass is 10.0. The molecule has 136 valence electrons. The van der Waals surface area contributed by atoms with Crippen molar-refractivity contribution in [3.63, 3.8) is 0 Å². The number of carbonyl (C=O) groups excluding carboxylic acids is 1. The number of pyridine rings is 1. The van der Waals surface area contributed by atoms with Crippen LogP contribution in [-0.2, 0) is 10.0 Å². The quantitative estimate of drug-likeness (QED) is 0.866. The molecule has 2 aromatic rings. The van der Waals surface area contributed by atoms with Gasteiger partial charge in [-0.05, 0) is 37.5 Å². The van der Waals surface area contributed by atoms with Crippen LogP contribution in [0.25, 0.3) is 5.65 Å². The van der Waals surface area contributed by atoms with Crippen LogP contribution in [-0.4, -0.2) is 47.6 Å². The average Bonchev–Trinajstić information content (AvgIpc) is 3.05. The summed E-state index contributed by atoms with van der Waals surface area (Å²) in [7, 11) is -3.28. The predicted molar refractivity (Wildman–Crippen MR) is 98.0 cm³/mol. The van der Waals surface area contributed by atoms with Crippen molar-refractivity contribution in [1.29, 1.82) is 0 Å². The topological polar surface area (TPSA) is 83.8 Å². The van der Waals surface area contributed by atoms with Crippen molar-refractivity contribution < 1.29 is 13.2 Å². The third-order valence-electron chi connectivity index (χ3n) is 4.81. The molecule has 8 heteroatoms. The molecular formula is C18H20N4O3S. The third-order valence-corrected chi connectivity index (χ3v) is 6.86. The van der Waals surface area contributed by atoms with E-state index >= 15 is 0 Å². The van der Waals surface area contributed by atoms with Crippen molar-refractivity contribution in [3.8, 4) is 0 Å². The van der Waals surface area contributed by atoms with Gasteiger partial charge in [0.25, 0.3) is 5.91 Å². The number of allylic oxidation sites excluding steroid dienone is 3. The normalized spacial score (nSPS) is 18.2. The summed E-state index contributed by atoms with van der Waals surface area (Å²) in [5.41, 5.74) is 2.37. The van der Waals surface area contributed by atoms with Gasteiger partial charge in [0.05, 0.1) is 10.5 Å². The van der Waals surface area contributed by atoms with Gasteiger partial charge in [0.1, 0.15) is 5.65 Å². The molecule has 7 nitrogen and oxygen atoms in total. The summed E-state index contributed by atoms with van der Waals surface area (Å²) in [4.78, 5) is 16.9. The maximum atomic E-state index is 12.4. The summed E-state index contributed by atoms with van der Waals surface area (Å²) < 4.78 is 28.0. The van der Waals surface area contributed by atoms with Crippen molar-refractivity contribution in [2.45, 2.75) is 19.3 Å². The van der Waals surface area contributed by atoms with Crippen molar-refractivity contribution in [2.75, 3.05) is 19.6 Å². The van der Waals surface area contributed by atoms with E-state index in [1.807, 2.05) is 6.08 Å². The lowest BCUT2D eigenvalue weighted by molar-refractivity contribution is 0.0956. The number of hydrogen-bond acceptors (Lipinski definition) is 4. The Balaban J connectivity index is 1.39. The SMILES string of the molecule is O=C(NCC1=CC=C(S(=O)(=O)N2CCC2)CC1)c1ccc2nccn2c1. The summed E-state index contributed by atoms with van der Waals surface area (Å²) in [6, 6.07) is 3.54. The number of imidazole rings is 1. The molecule has 0 bridgehead atoms. The van der Waals surface area contributed by atoms with E-state index < -0.39 is 10.0 Å². The van der Waals surface area contributed by atoms with Gasteiger partial charge in [0.2, 0.25) is 10.0 Å². The molecule has 0 spiro atoms. The summed E-state index contributed by atoms with van der Waals surface area (Å²) >= 11 is 0. The number of fused-ring (bicyclic) bond motifs is 1. The molecule has 1 N–H and O–H groups in total. The molecule has 3 heterocycles. The summed E-state index contributed by atoms with van der Waals surface area (Å²) in [6.45, 7) is 1.65. The minimum Gasteiger partial charge on any atom is -0.348 e. The van der Waals surface area contributed by atoms with Crippen LogP contribution in [0, 0.1) is 0 Å². The maximum Gasteiger partial charge on any atom is 0.253 e. The molecule has 0 saturated carbocycles. The zero-order chi connectivity index (χ0) is 18.1. The first kappa shape index (κ1) is 17.0. The average molecular weight is 372 g/mol. The number of rotatable bonds is 5. The van der Waals surface area contributed by atoms with Crippen LogP contribution in [0.1, 0.15) is 29.6 Å². The fraction of sp³-hybridized carbons (Fsp3) is 0.333. The number of nitrogens with one attached hydrogen (secondary N) is 1. The van der Waals surface area contributed by atoms with E-state index in [1.165, 1.54) is 4.31 Å². The molecular weight excluding hydrogens is 352 g/mol. The number of amides is 1. The maximum absolute atomic E-state index is 12.4. The molecule has 0 atom stereocenters. The first-order chi connectivity index (χ1) is 12.5. The first-order valence-corrected chi connectivity index (χ1v) is 10.1. The van der Waals surface area contributed by atoms with E-state index in [0.29, 0.717) is 42.9 Å². The lowest BCUT2D eigenvalue weighted by Crippen LogP contribution is -2.42. The van der Waals surface area contributed by atoms with Crippen LogP contribution in [0.2, 0.25) is 0 Å². The van der Waals surface area contributed by atoms with Gasteiger partial charge < -0.3 is 9.72 Å². The van der Waals surface area contributed by atoms with Gasteiger partial charge in [-0.2, -0.15) is 4.31 Å². The molecule has 0 unspecified atom stereocenters. The lowest BCUT2D eigenvalue weighted by Gasteiger charge is -2.31. The molecule has 0 aromatic carbocycles. The van der Waals surface area contributed by atoms with E-state index in [-0.39, 0.29) is 5.91 Å². The highest BCUT2D eigenvalue weighted by Gasteiger charge is 2.31. The predicted octanol–water partition coefficient (Wildman–Crippen LogP) is 1.70. The van der Waals surface area contributed by atoms with Crippen molar-refractivity contribution in [3.05, 3.63) is 58.9 Å². The second kappa shape index (κ2) is 6.69. The number of aromatic nitrogens is 2. The second-order valence-electron chi connectivity index (χ2n) is 6.51. The van der Waals surface area contributed by atoms with Gasteiger partial charge in [-0.1, -0.05) is 11.6 Å². The van der Waals surface area contributed by atoms with Crippen LogP contribution in [0.4, 0.5) is 0 Å². The van der Waals surface area contributed by atoms with Crippen LogP contribution in [0.15, 0.2) is 53.4 Å². The fourth-order valence-electron chi connectivity index (χ4n) is 3.07. The van der Waals surface area contributed by atoms with Crippen LogP contribution >= 0.6 is 0 Å². The number of nitrogens with zero attached hydrogens (tertiary/aromatic N) is 3. The molecule has 2 aliphatic rings. The van der Waals surface area contributed by atoms with E-state index in [9.17, 15) is 13.2 Å². The summed E-state index contributed by atoms with van der Waals surface area (Å²) in [5.74, 6) is -0.163. The Morgan fingerprint density at radius 3 is 2.73 bits per heavy atom. The van der Waals surface area contributed by atoms with Crippen LogP contribution < -0.4 is 5.32 Å². The van der Waals surface area contributed by atoms with Crippen molar-refractivity contribution in [2.24, 2.45) is 0 Å². The largest absolute Gasteiger partial charge is 0.348 e. The molecule has 0 radical (unpaired) electrons. The number of hydrogen-bond donors (Lipinski definition) is 1. The van der Waals surface area contributed by atoms with E-state index in [0.717, 1.165) is 17.6 Å². The van der Waals surface area contributed by atoms with Gasteiger partial charge in [-0.15, -0.1) is 0 Å². The highest BCUT2D eigenvalue weighted by molar-refractivity contribution is 7.93. The summed E-state index contributed by atoms with van der Waals surface area (Å²) in [6.07, 6.45) is 10.8. The molecule has 1 aliphatic carbocycles. The Kier molecular flexibility index (Phi) is 4.37. The molecule has 1 fully saturated rings. The Bertz CT molecular complexity index is 1020. The summed E-state index contributed by atoms with van der Waals surface area (Å²) in [5, 5.41) is 2.89. The standard InChI is InChI=1S/C18H20N4O3S/c23-18(15-4-7-17-19-8-11-21(17)13-15)20-12-14-2-5-16(6-3-14)26(24,25)22-9-1-10-22/h2,4-5,7-8,11,13H,1,3,6,9-10,12H2,(H,20,23). The highest BCUT2D eigenvalue weighted by atomic mass is 32.2. The Hall–Kier alpha value is -2.45. The molecule has 1 amide bonds. The Morgan fingerprint density at radius 1 is 1.19 bits per heavy atom. The Labute approximate surface area is 152 Å². The second-order valence-corrected chi connectivity index (χ2v) is 8.50. The number of carbonyl (C=O) groups is 1. The van der Waals surface area contributed by atoms with Crippen LogP contribution in [0.5, 0.6) is 0 Å². The zero-order valence-corrected chi connectivity index (χ0v) is 15.1. The minimum absolute atomic E-state index is 0.163. The van der Waals surface area contributed by atoms with Gasteiger partial charge >= 0.3 is 0 Å². The minimum atomic E-state index is -3.28. The van der Waals surface area contributed by atoms with Gasteiger partial charge in [0.15, 0.2) is 0 Å². The Morgan fingerprint density at radius 2 is 2.04 bits per heavy atom. The third kappa shape index (κ3) is 3.17. The zero-order valence-electron chi connectivity index (χ0n) is 14.3. The first-order valence-electron chi connectivity index (χ1n) is 8.64. The molecule has 1 saturated heterocycles. The number of sulfonamides is 1. The highest BCUT2D eigenvalue weighted by Crippen LogP contribution is 2.27. The fourth-order valence-corrected chi connectivity index (χ4v) is 4.74. The molecule has 4 rings (SSSR count). The van der Waals surface area contributed by atoms with Gasteiger partial charge in [-0.3, -0.25) is 4.79 Å². The van der Waals surface area contributed by atoms with Gasteiger partial charge in [-0.25, -0.2) is 13.4 Å². The molecule has 26 heavy (non-hydrogen) atoms. The van der Waals surface area contributed by atoms with E-state index in [4.69, 9.17) is 0 Å². The molecule has 2 aromatic heterocycles.